The summed E-state index contributed by atoms with van der Waals surface area (Å²) < 4.78 is 5.39. The Morgan fingerprint density at radius 1 is 1.47 bits per heavy atom. The van der Waals surface area contributed by atoms with Crippen molar-refractivity contribution in [2.45, 2.75) is 46.1 Å². The molecule has 2 heterocycles. The van der Waals surface area contributed by atoms with Crippen LogP contribution in [-0.4, -0.2) is 42.1 Å². The molecule has 0 radical (unpaired) electrons. The molecule has 0 aliphatic carbocycles. The summed E-state index contributed by atoms with van der Waals surface area (Å²) in [6.45, 7) is 9.90. The molecule has 2 unspecified atom stereocenters. The van der Waals surface area contributed by atoms with Crippen LogP contribution in [0.25, 0.3) is 0 Å². The number of hydrogen-bond acceptors (Lipinski definition) is 3. The lowest BCUT2D eigenvalue weighted by atomic mass is 9.76. The molecular weight excluding hydrogens is 244 g/mol. The van der Waals surface area contributed by atoms with Gasteiger partial charge in [0.05, 0.1) is 0 Å². The molecule has 2 atom stereocenters. The van der Waals surface area contributed by atoms with Crippen LogP contribution in [-0.2, 0) is 9.53 Å². The van der Waals surface area contributed by atoms with E-state index in [1.807, 2.05) is 20.8 Å². The van der Waals surface area contributed by atoms with Gasteiger partial charge in [-0.1, -0.05) is 6.92 Å². The van der Waals surface area contributed by atoms with E-state index < -0.39 is 5.60 Å². The Morgan fingerprint density at radius 2 is 2.16 bits per heavy atom. The van der Waals surface area contributed by atoms with E-state index in [0.717, 1.165) is 19.5 Å². The van der Waals surface area contributed by atoms with Crippen LogP contribution >= 0.6 is 0 Å². The molecule has 2 saturated heterocycles. The van der Waals surface area contributed by atoms with Crippen molar-refractivity contribution in [3.63, 3.8) is 0 Å². The molecule has 2 fully saturated rings. The van der Waals surface area contributed by atoms with Crippen LogP contribution in [0.15, 0.2) is 0 Å². The van der Waals surface area contributed by atoms with E-state index in [1.54, 1.807) is 4.90 Å². The van der Waals surface area contributed by atoms with E-state index in [0.29, 0.717) is 18.9 Å². The summed E-state index contributed by atoms with van der Waals surface area (Å²) in [6.07, 6.45) is 1.28. The summed E-state index contributed by atoms with van der Waals surface area (Å²) in [5.74, 6) is 0.497. The predicted molar refractivity (Wildman–Crippen MR) is 71.6 cm³/mol. The predicted octanol–water partition coefficient (Wildman–Crippen LogP) is 1.77. The Hall–Kier alpha value is -1.26. The van der Waals surface area contributed by atoms with E-state index in [4.69, 9.17) is 4.74 Å². The van der Waals surface area contributed by atoms with Crippen LogP contribution in [0.4, 0.5) is 4.79 Å². The van der Waals surface area contributed by atoms with E-state index in [2.05, 4.69) is 12.2 Å². The van der Waals surface area contributed by atoms with Crippen LogP contribution < -0.4 is 5.32 Å². The summed E-state index contributed by atoms with van der Waals surface area (Å²) in [5.41, 5.74) is -0.474. The lowest BCUT2D eigenvalue weighted by molar-refractivity contribution is -0.119. The van der Waals surface area contributed by atoms with Gasteiger partial charge < -0.3 is 15.0 Å². The molecular formula is C14H24N2O3. The summed E-state index contributed by atoms with van der Waals surface area (Å²) in [6, 6.07) is 0. The van der Waals surface area contributed by atoms with Crippen molar-refractivity contribution in [3.05, 3.63) is 0 Å². The second-order valence-electron chi connectivity index (χ2n) is 7.02. The van der Waals surface area contributed by atoms with Crippen LogP contribution in [0, 0.1) is 11.3 Å². The number of amides is 2. The molecule has 2 rings (SSSR count). The number of nitrogens with one attached hydrogen (secondary N) is 1. The Bertz CT molecular complexity index is 389. The van der Waals surface area contributed by atoms with E-state index in [9.17, 15) is 9.59 Å². The SMILES string of the molecule is CC(C)(C)OC(=O)N1CCC(C2(C)CNC(=O)C2)C1. The zero-order valence-corrected chi connectivity index (χ0v) is 12.3. The van der Waals surface area contributed by atoms with Crippen LogP contribution in [0.1, 0.15) is 40.5 Å². The average molecular weight is 268 g/mol. The first-order valence-corrected chi connectivity index (χ1v) is 6.94. The molecule has 0 aromatic carbocycles. The standard InChI is InChI=1S/C14H24N2O3/c1-13(2,3)19-12(18)16-6-5-10(8-16)14(4)7-11(17)15-9-14/h10H,5-9H2,1-4H3,(H,15,17). The zero-order valence-electron chi connectivity index (χ0n) is 12.3. The smallest absolute Gasteiger partial charge is 0.410 e. The largest absolute Gasteiger partial charge is 0.444 e. The van der Waals surface area contributed by atoms with Crippen molar-refractivity contribution in [3.8, 4) is 0 Å². The minimum absolute atomic E-state index is 0.0200. The maximum absolute atomic E-state index is 12.0. The van der Waals surface area contributed by atoms with Gasteiger partial charge >= 0.3 is 6.09 Å². The van der Waals surface area contributed by atoms with Gasteiger partial charge in [0.25, 0.3) is 0 Å². The molecule has 0 aromatic rings. The van der Waals surface area contributed by atoms with Crippen LogP contribution in [0.5, 0.6) is 0 Å². The summed E-state index contributed by atoms with van der Waals surface area (Å²) in [4.78, 5) is 25.2. The van der Waals surface area contributed by atoms with Crippen LogP contribution in [0.2, 0.25) is 0 Å². The Kier molecular flexibility index (Phi) is 3.49. The van der Waals surface area contributed by atoms with Crippen molar-refractivity contribution in [2.75, 3.05) is 19.6 Å². The van der Waals surface area contributed by atoms with Crippen molar-refractivity contribution in [2.24, 2.45) is 11.3 Å². The summed E-state index contributed by atoms with van der Waals surface area (Å²) in [5, 5.41) is 2.90. The topological polar surface area (TPSA) is 58.6 Å². The molecule has 2 amide bonds. The van der Waals surface area contributed by atoms with Gasteiger partial charge in [-0.2, -0.15) is 0 Å². The highest BCUT2D eigenvalue weighted by atomic mass is 16.6. The second kappa shape index (κ2) is 4.69. The van der Waals surface area contributed by atoms with Crippen molar-refractivity contribution in [1.82, 2.24) is 10.2 Å². The van der Waals surface area contributed by atoms with Gasteiger partial charge in [-0.25, -0.2) is 4.79 Å². The summed E-state index contributed by atoms with van der Waals surface area (Å²) >= 11 is 0. The van der Waals surface area contributed by atoms with E-state index >= 15 is 0 Å². The Morgan fingerprint density at radius 3 is 2.68 bits per heavy atom. The first-order valence-electron chi connectivity index (χ1n) is 6.94. The second-order valence-corrected chi connectivity index (χ2v) is 7.02. The zero-order chi connectivity index (χ0) is 14.3. The maximum atomic E-state index is 12.0. The van der Waals surface area contributed by atoms with Gasteiger partial charge in [0.15, 0.2) is 0 Å². The molecule has 108 valence electrons. The minimum Gasteiger partial charge on any atom is -0.444 e. The fourth-order valence-corrected chi connectivity index (χ4v) is 2.90. The number of likely N-dealkylation sites (tertiary alicyclic amines) is 1. The molecule has 2 aliphatic heterocycles. The number of hydrogen-bond donors (Lipinski definition) is 1. The normalized spacial score (nSPS) is 31.5. The summed E-state index contributed by atoms with van der Waals surface area (Å²) in [7, 11) is 0. The first kappa shape index (κ1) is 14.2. The Labute approximate surface area is 114 Å². The number of carbonyl (C=O) groups is 2. The average Bonchev–Trinajstić information content (AvgIpc) is 2.83. The third-order valence-electron chi connectivity index (χ3n) is 4.08. The first-order chi connectivity index (χ1) is 8.70. The van der Waals surface area contributed by atoms with Gasteiger partial charge in [-0.15, -0.1) is 0 Å². The van der Waals surface area contributed by atoms with E-state index in [1.165, 1.54) is 0 Å². The molecule has 19 heavy (non-hydrogen) atoms. The van der Waals surface area contributed by atoms with Gasteiger partial charge in [0, 0.05) is 26.1 Å². The highest BCUT2D eigenvalue weighted by Gasteiger charge is 2.44. The maximum Gasteiger partial charge on any atom is 0.410 e. The molecule has 5 nitrogen and oxygen atoms in total. The highest BCUT2D eigenvalue weighted by molar-refractivity contribution is 5.79. The fourth-order valence-electron chi connectivity index (χ4n) is 2.90. The molecule has 0 saturated carbocycles. The van der Waals surface area contributed by atoms with Gasteiger partial charge in [0.1, 0.15) is 5.60 Å². The molecule has 0 aromatic heterocycles. The molecule has 1 N–H and O–H groups in total. The number of rotatable bonds is 1. The van der Waals surface area contributed by atoms with Gasteiger partial charge in [0.2, 0.25) is 5.91 Å². The quantitative estimate of drug-likeness (QED) is 0.788. The monoisotopic (exact) mass is 268 g/mol. The van der Waals surface area contributed by atoms with Gasteiger partial charge in [-0.05, 0) is 38.5 Å². The molecule has 0 spiro atoms. The van der Waals surface area contributed by atoms with Crippen molar-refractivity contribution in [1.29, 1.82) is 0 Å². The minimum atomic E-state index is -0.454. The molecule has 5 heteroatoms. The van der Waals surface area contributed by atoms with Crippen LogP contribution in [0.3, 0.4) is 0 Å². The highest BCUT2D eigenvalue weighted by Crippen LogP contribution is 2.39. The number of nitrogens with zero attached hydrogens (tertiary/aromatic N) is 1. The fraction of sp³-hybridized carbons (Fsp3) is 0.857. The Balaban J connectivity index is 1.93. The number of carbonyl (C=O) groups excluding carboxylic acids is 2. The van der Waals surface area contributed by atoms with Crippen molar-refractivity contribution >= 4 is 12.0 Å². The lowest BCUT2D eigenvalue weighted by Crippen LogP contribution is -2.37. The third-order valence-corrected chi connectivity index (χ3v) is 4.08. The lowest BCUT2D eigenvalue weighted by Gasteiger charge is -2.29. The molecule has 2 aliphatic rings. The number of ether oxygens (including phenoxy) is 1. The van der Waals surface area contributed by atoms with Crippen molar-refractivity contribution < 1.29 is 14.3 Å². The van der Waals surface area contributed by atoms with Gasteiger partial charge in [-0.3, -0.25) is 4.79 Å². The third kappa shape index (κ3) is 3.19. The van der Waals surface area contributed by atoms with E-state index in [-0.39, 0.29) is 17.4 Å². The molecule has 0 bridgehead atoms.